The Morgan fingerprint density at radius 1 is 1.12 bits per heavy atom. The first-order chi connectivity index (χ1) is 15.8. The van der Waals surface area contributed by atoms with Crippen molar-refractivity contribution in [2.75, 3.05) is 18.0 Å². The van der Waals surface area contributed by atoms with Crippen LogP contribution in [-0.2, 0) is 18.9 Å². The highest BCUT2D eigenvalue weighted by Crippen LogP contribution is 2.30. The van der Waals surface area contributed by atoms with Crippen LogP contribution in [0.2, 0.25) is 0 Å². The van der Waals surface area contributed by atoms with E-state index in [-0.39, 0.29) is 5.41 Å². The molecule has 1 aromatic carbocycles. The van der Waals surface area contributed by atoms with E-state index < -0.39 is 0 Å². The lowest BCUT2D eigenvalue weighted by Crippen LogP contribution is -2.34. The quantitative estimate of drug-likeness (QED) is 0.496. The molecule has 0 bridgehead atoms. The number of anilines is 1. The van der Waals surface area contributed by atoms with Gasteiger partial charge in [0.25, 0.3) is 0 Å². The van der Waals surface area contributed by atoms with E-state index >= 15 is 0 Å². The predicted octanol–water partition coefficient (Wildman–Crippen LogP) is 4.67. The second-order valence-electron chi connectivity index (χ2n) is 10.3. The summed E-state index contributed by atoms with van der Waals surface area (Å²) < 4.78 is 2.04. The van der Waals surface area contributed by atoms with Crippen LogP contribution in [0.4, 0.5) is 5.95 Å². The van der Waals surface area contributed by atoms with Crippen LogP contribution < -0.4 is 4.90 Å². The molecule has 0 saturated carbocycles. The van der Waals surface area contributed by atoms with Crippen molar-refractivity contribution in [3.8, 4) is 0 Å². The number of piperidine rings is 1. The van der Waals surface area contributed by atoms with Gasteiger partial charge in [0.05, 0.1) is 18.3 Å². The minimum atomic E-state index is 0.111. The molecule has 1 saturated heterocycles. The molecule has 1 N–H and O–H groups in total. The van der Waals surface area contributed by atoms with E-state index in [1.54, 1.807) is 6.33 Å². The first-order valence-corrected chi connectivity index (χ1v) is 11.8. The molecule has 4 aromatic rings. The van der Waals surface area contributed by atoms with Crippen molar-refractivity contribution < 1.29 is 0 Å². The zero-order chi connectivity index (χ0) is 23.2. The predicted molar refractivity (Wildman–Crippen MR) is 132 cm³/mol. The van der Waals surface area contributed by atoms with Gasteiger partial charge in [-0.05, 0) is 41.9 Å². The standard InChI is InChI=1S/C26H33N7/c1-17-6-7-20(26(2,3)4)12-19(17)13-21-23-24(29-16-32(23)5)31-25(30-21)33-10-8-18(9-11-33)22-14-27-15-28-22/h6-7,12,14-16,18H,8-11,13H2,1-5H3,(H,27,28). The molecular weight excluding hydrogens is 410 g/mol. The third-order valence-electron chi connectivity index (χ3n) is 6.94. The Bertz CT molecular complexity index is 1260. The molecule has 0 spiro atoms. The molecule has 0 aliphatic carbocycles. The fourth-order valence-electron chi connectivity index (χ4n) is 4.78. The van der Waals surface area contributed by atoms with Crippen LogP contribution in [-0.4, -0.2) is 42.6 Å². The molecule has 3 aromatic heterocycles. The topological polar surface area (TPSA) is 75.5 Å². The molecule has 5 rings (SSSR count). The second-order valence-corrected chi connectivity index (χ2v) is 10.3. The molecule has 0 radical (unpaired) electrons. The number of aromatic amines is 1. The van der Waals surface area contributed by atoms with Crippen molar-refractivity contribution in [1.29, 1.82) is 0 Å². The first-order valence-electron chi connectivity index (χ1n) is 11.8. The SMILES string of the molecule is Cc1ccc(C(C)(C)C)cc1Cc1nc(N2CCC(c3cnc[nH]3)CC2)nc2ncn(C)c12. The lowest BCUT2D eigenvalue weighted by molar-refractivity contribution is 0.492. The first kappa shape index (κ1) is 21.6. The van der Waals surface area contributed by atoms with Gasteiger partial charge in [-0.3, -0.25) is 0 Å². The van der Waals surface area contributed by atoms with Crippen molar-refractivity contribution in [3.05, 3.63) is 65.1 Å². The van der Waals surface area contributed by atoms with Gasteiger partial charge in [0.15, 0.2) is 5.65 Å². The van der Waals surface area contributed by atoms with Crippen LogP contribution in [0.5, 0.6) is 0 Å². The van der Waals surface area contributed by atoms with Crippen molar-refractivity contribution in [3.63, 3.8) is 0 Å². The normalized spacial score (nSPS) is 15.5. The third-order valence-corrected chi connectivity index (χ3v) is 6.94. The molecule has 172 valence electrons. The minimum Gasteiger partial charge on any atom is -0.348 e. The van der Waals surface area contributed by atoms with Crippen molar-refractivity contribution >= 4 is 17.1 Å². The average molecular weight is 444 g/mol. The number of hydrogen-bond donors (Lipinski definition) is 1. The number of aromatic nitrogens is 6. The lowest BCUT2D eigenvalue weighted by Gasteiger charge is -2.31. The highest BCUT2D eigenvalue weighted by Gasteiger charge is 2.25. The summed E-state index contributed by atoms with van der Waals surface area (Å²) >= 11 is 0. The Morgan fingerprint density at radius 3 is 2.61 bits per heavy atom. The van der Waals surface area contributed by atoms with E-state index in [4.69, 9.17) is 9.97 Å². The van der Waals surface area contributed by atoms with Crippen molar-refractivity contribution in [2.45, 2.75) is 58.3 Å². The van der Waals surface area contributed by atoms with Gasteiger partial charge in [0.1, 0.15) is 5.52 Å². The molecule has 33 heavy (non-hydrogen) atoms. The smallest absolute Gasteiger partial charge is 0.227 e. The van der Waals surface area contributed by atoms with Gasteiger partial charge in [-0.15, -0.1) is 0 Å². The number of rotatable bonds is 4. The molecule has 1 fully saturated rings. The number of imidazole rings is 2. The van der Waals surface area contributed by atoms with Gasteiger partial charge < -0.3 is 14.5 Å². The van der Waals surface area contributed by atoms with E-state index in [0.717, 1.165) is 55.2 Å². The summed E-state index contributed by atoms with van der Waals surface area (Å²) in [5, 5.41) is 0. The Kier molecular flexibility index (Phi) is 5.43. The summed E-state index contributed by atoms with van der Waals surface area (Å²) in [4.78, 5) is 24.3. The molecule has 4 heterocycles. The summed E-state index contributed by atoms with van der Waals surface area (Å²) in [5.41, 5.74) is 8.13. The maximum absolute atomic E-state index is 5.11. The molecule has 0 amide bonds. The van der Waals surface area contributed by atoms with Gasteiger partial charge >= 0.3 is 0 Å². The van der Waals surface area contributed by atoms with Crippen LogP contribution in [0, 0.1) is 6.92 Å². The van der Waals surface area contributed by atoms with Gasteiger partial charge in [0, 0.05) is 44.4 Å². The van der Waals surface area contributed by atoms with E-state index in [2.05, 4.69) is 65.7 Å². The van der Waals surface area contributed by atoms with Crippen LogP contribution in [0.15, 0.2) is 37.1 Å². The van der Waals surface area contributed by atoms with Crippen LogP contribution in [0.25, 0.3) is 11.2 Å². The second kappa shape index (κ2) is 8.28. The third kappa shape index (κ3) is 4.24. The number of nitrogens with one attached hydrogen (secondary N) is 1. The Labute approximate surface area is 195 Å². The van der Waals surface area contributed by atoms with Crippen molar-refractivity contribution in [2.24, 2.45) is 7.05 Å². The Morgan fingerprint density at radius 2 is 1.91 bits per heavy atom. The Hall–Kier alpha value is -3.22. The monoisotopic (exact) mass is 443 g/mol. The summed E-state index contributed by atoms with van der Waals surface area (Å²) in [7, 11) is 2.02. The minimum absolute atomic E-state index is 0.111. The average Bonchev–Trinajstić information content (AvgIpc) is 3.45. The Balaban J connectivity index is 1.47. The van der Waals surface area contributed by atoms with E-state index in [1.165, 1.54) is 22.4 Å². The van der Waals surface area contributed by atoms with Crippen LogP contribution in [0.3, 0.4) is 0 Å². The summed E-state index contributed by atoms with van der Waals surface area (Å²) in [6, 6.07) is 6.82. The van der Waals surface area contributed by atoms with Crippen molar-refractivity contribution in [1.82, 2.24) is 29.5 Å². The van der Waals surface area contributed by atoms with E-state index in [9.17, 15) is 0 Å². The van der Waals surface area contributed by atoms with Crippen LogP contribution in [0.1, 0.15) is 67.6 Å². The molecule has 7 heteroatoms. The number of hydrogen-bond acceptors (Lipinski definition) is 5. The number of H-pyrrole nitrogens is 1. The molecule has 0 atom stereocenters. The molecule has 0 unspecified atom stereocenters. The highest BCUT2D eigenvalue weighted by molar-refractivity contribution is 5.75. The number of nitrogens with zero attached hydrogens (tertiary/aromatic N) is 6. The maximum Gasteiger partial charge on any atom is 0.227 e. The van der Waals surface area contributed by atoms with E-state index in [0.29, 0.717) is 5.92 Å². The summed E-state index contributed by atoms with van der Waals surface area (Å²) in [6.45, 7) is 10.8. The largest absolute Gasteiger partial charge is 0.348 e. The van der Waals surface area contributed by atoms with Crippen LogP contribution >= 0.6 is 0 Å². The molecule has 1 aliphatic rings. The number of aryl methyl sites for hydroxylation is 2. The molecule has 1 aliphatic heterocycles. The van der Waals surface area contributed by atoms with E-state index in [1.807, 2.05) is 24.1 Å². The summed E-state index contributed by atoms with van der Waals surface area (Å²) in [5.74, 6) is 1.31. The molecular formula is C26H33N7. The van der Waals surface area contributed by atoms with Gasteiger partial charge in [0.2, 0.25) is 5.95 Å². The van der Waals surface area contributed by atoms with Gasteiger partial charge in [-0.2, -0.15) is 4.98 Å². The zero-order valence-corrected chi connectivity index (χ0v) is 20.3. The highest BCUT2D eigenvalue weighted by atomic mass is 15.3. The fraction of sp³-hybridized carbons (Fsp3) is 0.462. The van der Waals surface area contributed by atoms with Gasteiger partial charge in [-0.1, -0.05) is 39.0 Å². The van der Waals surface area contributed by atoms with Gasteiger partial charge in [-0.25, -0.2) is 15.0 Å². The summed E-state index contributed by atoms with van der Waals surface area (Å²) in [6.07, 6.45) is 8.45. The number of fused-ring (bicyclic) bond motifs is 1. The number of benzene rings is 1. The zero-order valence-electron chi connectivity index (χ0n) is 20.3. The lowest BCUT2D eigenvalue weighted by atomic mass is 9.84. The molecule has 7 nitrogen and oxygen atoms in total. The maximum atomic E-state index is 5.11. The fourth-order valence-corrected chi connectivity index (χ4v) is 4.78.